The molecule has 1 aromatic carbocycles. The fourth-order valence-corrected chi connectivity index (χ4v) is 3.10. The number of benzene rings is 1. The average Bonchev–Trinajstić information content (AvgIpc) is 2.47. The zero-order chi connectivity index (χ0) is 17.0. The summed E-state index contributed by atoms with van der Waals surface area (Å²) >= 11 is 0. The van der Waals surface area contributed by atoms with Crippen molar-refractivity contribution in [2.75, 3.05) is 18.1 Å². The molecule has 3 N–H and O–H groups in total. The van der Waals surface area contributed by atoms with Gasteiger partial charge in [0, 0.05) is 5.69 Å². The highest BCUT2D eigenvalue weighted by atomic mass is 32.2. The summed E-state index contributed by atoms with van der Waals surface area (Å²) in [6.07, 6.45) is 0. The summed E-state index contributed by atoms with van der Waals surface area (Å²) in [6, 6.07) is 4.67. The highest BCUT2D eigenvalue weighted by Gasteiger charge is 2.19. The van der Waals surface area contributed by atoms with E-state index in [1.807, 2.05) is 0 Å². The Balaban J connectivity index is 2.88. The van der Waals surface area contributed by atoms with Crippen LogP contribution in [-0.2, 0) is 24.8 Å². The lowest BCUT2D eigenvalue weighted by Crippen LogP contribution is -2.42. The molecule has 0 bridgehead atoms. The second-order valence-corrected chi connectivity index (χ2v) is 8.40. The Bertz CT molecular complexity index is 744. The molecule has 0 radical (unpaired) electrons. The van der Waals surface area contributed by atoms with Crippen LogP contribution in [0.15, 0.2) is 29.2 Å². The number of anilines is 1. The van der Waals surface area contributed by atoms with Gasteiger partial charge in [-0.3, -0.25) is 4.79 Å². The predicted molar refractivity (Wildman–Crippen MR) is 83.4 cm³/mol. The number of carbonyl (C=O) groups is 1. The number of hydrogen-bond acceptors (Lipinski definition) is 5. The van der Waals surface area contributed by atoms with Gasteiger partial charge in [-0.1, -0.05) is 6.07 Å². The van der Waals surface area contributed by atoms with E-state index >= 15 is 0 Å². The van der Waals surface area contributed by atoms with Crippen molar-refractivity contribution >= 4 is 31.6 Å². The van der Waals surface area contributed by atoms with Crippen LogP contribution in [0.3, 0.4) is 0 Å². The normalized spacial score (nSPS) is 13.6. The minimum Gasteiger partial charge on any atom is -0.325 e. The van der Waals surface area contributed by atoms with E-state index in [0.717, 1.165) is 0 Å². The molecule has 1 rings (SSSR count). The highest BCUT2D eigenvalue weighted by Crippen LogP contribution is 2.15. The lowest BCUT2D eigenvalue weighted by atomic mass is 10.3. The molecular formula is C12H19N3O5S2. The van der Waals surface area contributed by atoms with E-state index in [2.05, 4.69) is 14.8 Å². The molecule has 0 heterocycles. The van der Waals surface area contributed by atoms with Gasteiger partial charge in [-0.15, -0.1) is 0 Å². The first-order valence-corrected chi connectivity index (χ1v) is 9.59. The van der Waals surface area contributed by atoms with E-state index in [-0.39, 0.29) is 16.3 Å². The highest BCUT2D eigenvalue weighted by molar-refractivity contribution is 7.89. The fraction of sp³-hybridized carbons (Fsp3) is 0.417. The van der Waals surface area contributed by atoms with Gasteiger partial charge in [0.2, 0.25) is 26.0 Å². The van der Waals surface area contributed by atoms with Gasteiger partial charge < -0.3 is 5.32 Å². The van der Waals surface area contributed by atoms with Crippen LogP contribution >= 0.6 is 0 Å². The van der Waals surface area contributed by atoms with Crippen LogP contribution in [0.5, 0.6) is 0 Å². The summed E-state index contributed by atoms with van der Waals surface area (Å²) in [5.41, 5.74) is 0.254. The van der Waals surface area contributed by atoms with Crippen LogP contribution in [0, 0.1) is 0 Å². The lowest BCUT2D eigenvalue weighted by Gasteiger charge is -2.14. The molecule has 0 saturated carbocycles. The van der Waals surface area contributed by atoms with Crippen molar-refractivity contribution in [2.45, 2.75) is 24.8 Å². The van der Waals surface area contributed by atoms with Crippen molar-refractivity contribution in [3.8, 4) is 0 Å². The molecule has 1 unspecified atom stereocenters. The molecule has 0 aliphatic carbocycles. The number of nitrogens with one attached hydrogen (secondary N) is 3. The fourth-order valence-electron chi connectivity index (χ4n) is 1.52. The first-order valence-electron chi connectivity index (χ1n) is 6.46. The van der Waals surface area contributed by atoms with Crippen molar-refractivity contribution in [1.82, 2.24) is 9.44 Å². The summed E-state index contributed by atoms with van der Waals surface area (Å²) in [5, 5.41) is 2.47. The largest absolute Gasteiger partial charge is 0.325 e. The van der Waals surface area contributed by atoms with E-state index in [1.54, 1.807) is 0 Å². The Kier molecular flexibility index (Phi) is 6.06. The van der Waals surface area contributed by atoms with Crippen molar-refractivity contribution in [2.24, 2.45) is 0 Å². The molecule has 0 saturated heterocycles. The van der Waals surface area contributed by atoms with Gasteiger partial charge in [0.25, 0.3) is 0 Å². The monoisotopic (exact) mass is 349 g/mol. The Hall–Kier alpha value is -1.49. The van der Waals surface area contributed by atoms with E-state index in [9.17, 15) is 21.6 Å². The molecule has 10 heteroatoms. The molecule has 8 nitrogen and oxygen atoms in total. The lowest BCUT2D eigenvalue weighted by molar-refractivity contribution is -0.117. The van der Waals surface area contributed by atoms with Crippen LogP contribution in [0.4, 0.5) is 5.69 Å². The third-order valence-corrected chi connectivity index (χ3v) is 5.70. The van der Waals surface area contributed by atoms with Crippen LogP contribution < -0.4 is 14.8 Å². The molecule has 0 aromatic heterocycles. The predicted octanol–water partition coefficient (Wildman–Crippen LogP) is -0.139. The van der Waals surface area contributed by atoms with Gasteiger partial charge in [-0.25, -0.2) is 26.3 Å². The van der Waals surface area contributed by atoms with Crippen LogP contribution in [0.2, 0.25) is 0 Å². The zero-order valence-corrected chi connectivity index (χ0v) is 14.1. The molecule has 0 spiro atoms. The second kappa shape index (κ2) is 7.18. The van der Waals surface area contributed by atoms with Crippen molar-refractivity contribution < 1.29 is 21.6 Å². The van der Waals surface area contributed by atoms with Crippen LogP contribution in [-0.4, -0.2) is 41.6 Å². The van der Waals surface area contributed by atoms with Crippen LogP contribution in [0.1, 0.15) is 13.8 Å². The van der Waals surface area contributed by atoms with Gasteiger partial charge in [0.05, 0.1) is 16.7 Å². The third kappa shape index (κ3) is 5.05. The Labute approximate surface area is 130 Å². The van der Waals surface area contributed by atoms with Crippen LogP contribution in [0.25, 0.3) is 0 Å². The maximum absolute atomic E-state index is 11.9. The quantitative estimate of drug-likeness (QED) is 0.632. The first kappa shape index (κ1) is 18.6. The third-order valence-electron chi connectivity index (χ3n) is 2.81. The molecular weight excluding hydrogens is 330 g/mol. The number of hydrogen-bond donors (Lipinski definition) is 3. The average molecular weight is 349 g/mol. The maximum atomic E-state index is 11.9. The number of carbonyl (C=O) groups excluding carboxylic acids is 1. The van der Waals surface area contributed by atoms with Gasteiger partial charge >= 0.3 is 0 Å². The minimum absolute atomic E-state index is 0.00501. The van der Waals surface area contributed by atoms with E-state index in [1.165, 1.54) is 45.2 Å². The van der Waals surface area contributed by atoms with E-state index in [4.69, 9.17) is 0 Å². The molecule has 0 aliphatic heterocycles. The molecule has 22 heavy (non-hydrogen) atoms. The zero-order valence-electron chi connectivity index (χ0n) is 12.5. The Morgan fingerprint density at radius 1 is 1.23 bits per heavy atom. The first-order chi connectivity index (χ1) is 10.1. The van der Waals surface area contributed by atoms with Gasteiger partial charge in [0.1, 0.15) is 0 Å². The van der Waals surface area contributed by atoms with E-state index < -0.39 is 32.0 Å². The topological polar surface area (TPSA) is 121 Å². The smallest absolute Gasteiger partial charge is 0.242 e. The molecule has 1 atom stereocenters. The number of sulfonamides is 2. The second-order valence-electron chi connectivity index (χ2n) is 4.47. The molecule has 1 aromatic rings. The van der Waals surface area contributed by atoms with Gasteiger partial charge in [0.15, 0.2) is 0 Å². The standard InChI is InChI=1S/C12H19N3O5S2/c1-4-21(17,18)15-9(2)12(16)14-10-6-5-7-11(8-10)22(19,20)13-3/h5-9,13,15H,4H2,1-3H3,(H,14,16). The molecule has 124 valence electrons. The number of amides is 1. The molecule has 0 aliphatic rings. The maximum Gasteiger partial charge on any atom is 0.242 e. The summed E-state index contributed by atoms with van der Waals surface area (Å²) < 4.78 is 50.6. The Morgan fingerprint density at radius 2 is 1.86 bits per heavy atom. The SMILES string of the molecule is CCS(=O)(=O)NC(C)C(=O)Nc1cccc(S(=O)(=O)NC)c1. The number of rotatable bonds is 7. The summed E-state index contributed by atoms with van der Waals surface area (Å²) in [4.78, 5) is 11.9. The van der Waals surface area contributed by atoms with Crippen molar-refractivity contribution in [3.05, 3.63) is 24.3 Å². The van der Waals surface area contributed by atoms with Crippen molar-refractivity contribution in [1.29, 1.82) is 0 Å². The summed E-state index contributed by atoms with van der Waals surface area (Å²) in [7, 11) is -5.85. The summed E-state index contributed by atoms with van der Waals surface area (Å²) in [6.45, 7) is 2.86. The van der Waals surface area contributed by atoms with Gasteiger partial charge in [-0.05, 0) is 39.1 Å². The summed E-state index contributed by atoms with van der Waals surface area (Å²) in [5.74, 6) is -0.725. The van der Waals surface area contributed by atoms with E-state index in [0.29, 0.717) is 0 Å². The molecule has 1 amide bonds. The van der Waals surface area contributed by atoms with Gasteiger partial charge in [-0.2, -0.15) is 0 Å². The minimum atomic E-state index is -3.62. The van der Waals surface area contributed by atoms with Crippen molar-refractivity contribution in [3.63, 3.8) is 0 Å². The Morgan fingerprint density at radius 3 is 2.41 bits per heavy atom. The molecule has 0 fully saturated rings.